The molecule has 0 radical (unpaired) electrons. The molecule has 1 saturated carbocycles. The van der Waals surface area contributed by atoms with Crippen molar-refractivity contribution in [3.05, 3.63) is 70.2 Å². The predicted molar refractivity (Wildman–Crippen MR) is 80.4 cm³/mol. The molecular weight excluding hydrogens is 254 g/mol. The van der Waals surface area contributed by atoms with E-state index in [0.717, 1.165) is 29.6 Å². The van der Waals surface area contributed by atoms with Gasteiger partial charge in [0.2, 0.25) is 0 Å². The molecule has 1 N–H and O–H groups in total. The number of rotatable bonds is 5. The summed E-state index contributed by atoms with van der Waals surface area (Å²) in [6.45, 7) is 1.69. The quantitative estimate of drug-likeness (QED) is 0.844. The molecule has 98 valence electrons. The van der Waals surface area contributed by atoms with Gasteiger partial charge in [0.25, 0.3) is 0 Å². The third kappa shape index (κ3) is 3.37. The fourth-order valence-corrected chi connectivity index (χ4v) is 2.51. The lowest BCUT2D eigenvalue weighted by Crippen LogP contribution is -2.12. The fourth-order valence-electron chi connectivity index (χ4n) is 2.31. The van der Waals surface area contributed by atoms with Gasteiger partial charge in [0.1, 0.15) is 0 Å². The number of halogens is 1. The van der Waals surface area contributed by atoms with Crippen molar-refractivity contribution < 1.29 is 0 Å². The van der Waals surface area contributed by atoms with E-state index < -0.39 is 0 Å². The van der Waals surface area contributed by atoms with E-state index in [1.807, 2.05) is 18.2 Å². The highest BCUT2D eigenvalue weighted by molar-refractivity contribution is 6.31. The summed E-state index contributed by atoms with van der Waals surface area (Å²) in [7, 11) is 0. The molecular formula is C17H18ClN. The molecule has 1 aliphatic carbocycles. The summed E-state index contributed by atoms with van der Waals surface area (Å²) in [6, 6.07) is 17.0. The number of nitrogens with one attached hydrogen (secondary N) is 1. The summed E-state index contributed by atoms with van der Waals surface area (Å²) >= 11 is 6.13. The maximum Gasteiger partial charge on any atom is 0.0450 e. The first kappa shape index (κ1) is 12.7. The highest BCUT2D eigenvalue weighted by Gasteiger charge is 2.22. The summed E-state index contributed by atoms with van der Waals surface area (Å²) in [5.74, 6) is 0.838. The topological polar surface area (TPSA) is 12.0 Å². The standard InChI is InChI=1S/C17H18ClN/c18-17-4-2-1-3-16(17)12-19-11-13-5-7-14(8-6-13)15-9-10-15/h1-8,15,19H,9-12H2. The normalized spacial score (nSPS) is 14.6. The molecule has 0 heterocycles. The molecule has 0 spiro atoms. The Morgan fingerprint density at radius 3 is 2.37 bits per heavy atom. The van der Waals surface area contributed by atoms with Gasteiger partial charge in [0.15, 0.2) is 0 Å². The molecule has 0 unspecified atom stereocenters. The molecule has 1 nitrogen and oxygen atoms in total. The van der Waals surface area contributed by atoms with Gasteiger partial charge >= 0.3 is 0 Å². The van der Waals surface area contributed by atoms with E-state index in [1.54, 1.807) is 0 Å². The van der Waals surface area contributed by atoms with E-state index in [2.05, 4.69) is 35.6 Å². The van der Waals surface area contributed by atoms with Crippen LogP contribution >= 0.6 is 11.6 Å². The monoisotopic (exact) mass is 271 g/mol. The van der Waals surface area contributed by atoms with Crippen molar-refractivity contribution in [3.8, 4) is 0 Å². The highest BCUT2D eigenvalue weighted by Crippen LogP contribution is 2.39. The van der Waals surface area contributed by atoms with Crippen LogP contribution < -0.4 is 5.32 Å². The van der Waals surface area contributed by atoms with Gasteiger partial charge in [-0.25, -0.2) is 0 Å². The molecule has 2 aromatic rings. The maximum absolute atomic E-state index is 6.13. The Balaban J connectivity index is 1.53. The van der Waals surface area contributed by atoms with Crippen molar-refractivity contribution in [2.24, 2.45) is 0 Å². The average Bonchev–Trinajstić information content (AvgIpc) is 3.26. The van der Waals surface area contributed by atoms with E-state index in [0.29, 0.717) is 0 Å². The van der Waals surface area contributed by atoms with Crippen molar-refractivity contribution in [2.45, 2.75) is 31.8 Å². The lowest BCUT2D eigenvalue weighted by Gasteiger charge is -2.07. The molecule has 3 rings (SSSR count). The Kier molecular flexibility index (Phi) is 3.86. The number of benzene rings is 2. The van der Waals surface area contributed by atoms with Gasteiger partial charge in [0.05, 0.1) is 0 Å². The maximum atomic E-state index is 6.13. The second kappa shape index (κ2) is 5.77. The first-order chi connectivity index (χ1) is 9.33. The van der Waals surface area contributed by atoms with E-state index in [9.17, 15) is 0 Å². The molecule has 2 aromatic carbocycles. The van der Waals surface area contributed by atoms with Gasteiger partial charge in [-0.15, -0.1) is 0 Å². The largest absolute Gasteiger partial charge is 0.309 e. The van der Waals surface area contributed by atoms with Crippen LogP contribution in [0.15, 0.2) is 48.5 Å². The van der Waals surface area contributed by atoms with Crippen LogP contribution in [-0.4, -0.2) is 0 Å². The highest BCUT2D eigenvalue weighted by atomic mass is 35.5. The molecule has 2 heteroatoms. The van der Waals surface area contributed by atoms with Crippen molar-refractivity contribution in [2.75, 3.05) is 0 Å². The molecule has 0 aliphatic heterocycles. The molecule has 1 aliphatic rings. The predicted octanol–water partition coefficient (Wildman–Crippen LogP) is 4.51. The van der Waals surface area contributed by atoms with Gasteiger partial charge in [-0.05, 0) is 41.5 Å². The molecule has 0 bridgehead atoms. The minimum Gasteiger partial charge on any atom is -0.309 e. The van der Waals surface area contributed by atoms with Crippen LogP contribution in [0.3, 0.4) is 0 Å². The second-order valence-electron chi connectivity index (χ2n) is 5.21. The second-order valence-corrected chi connectivity index (χ2v) is 5.62. The Hall–Kier alpha value is -1.31. The van der Waals surface area contributed by atoms with E-state index >= 15 is 0 Å². The van der Waals surface area contributed by atoms with E-state index in [1.165, 1.54) is 24.0 Å². The van der Waals surface area contributed by atoms with Crippen molar-refractivity contribution in [3.63, 3.8) is 0 Å². The molecule has 0 amide bonds. The third-order valence-corrected chi connectivity index (χ3v) is 4.00. The van der Waals surface area contributed by atoms with Crippen LogP contribution in [0.1, 0.15) is 35.4 Å². The zero-order valence-corrected chi connectivity index (χ0v) is 11.7. The fraction of sp³-hybridized carbons (Fsp3) is 0.294. The minimum absolute atomic E-state index is 0.810. The first-order valence-corrected chi connectivity index (χ1v) is 7.24. The Morgan fingerprint density at radius 2 is 1.68 bits per heavy atom. The van der Waals surface area contributed by atoms with Crippen LogP contribution in [0.4, 0.5) is 0 Å². The average molecular weight is 272 g/mol. The van der Waals surface area contributed by atoms with Gasteiger partial charge < -0.3 is 5.32 Å². The molecule has 1 fully saturated rings. The Bertz CT molecular complexity index is 543. The Morgan fingerprint density at radius 1 is 0.947 bits per heavy atom. The van der Waals surface area contributed by atoms with Gasteiger partial charge in [-0.3, -0.25) is 0 Å². The van der Waals surface area contributed by atoms with Crippen molar-refractivity contribution >= 4 is 11.6 Å². The van der Waals surface area contributed by atoms with Crippen LogP contribution in [0.5, 0.6) is 0 Å². The zero-order valence-electron chi connectivity index (χ0n) is 10.9. The lowest BCUT2D eigenvalue weighted by molar-refractivity contribution is 0.693. The van der Waals surface area contributed by atoms with Gasteiger partial charge in [-0.1, -0.05) is 54.1 Å². The SMILES string of the molecule is Clc1ccccc1CNCc1ccc(C2CC2)cc1. The molecule has 19 heavy (non-hydrogen) atoms. The summed E-state index contributed by atoms with van der Waals surface area (Å²) < 4.78 is 0. The summed E-state index contributed by atoms with van der Waals surface area (Å²) in [5, 5.41) is 4.27. The van der Waals surface area contributed by atoms with Gasteiger partial charge in [-0.2, -0.15) is 0 Å². The summed E-state index contributed by atoms with van der Waals surface area (Å²) in [5.41, 5.74) is 3.98. The minimum atomic E-state index is 0.810. The first-order valence-electron chi connectivity index (χ1n) is 6.86. The number of hydrogen-bond donors (Lipinski definition) is 1. The molecule has 0 atom stereocenters. The summed E-state index contributed by atoms with van der Waals surface area (Å²) in [6.07, 6.45) is 2.73. The van der Waals surface area contributed by atoms with Crippen LogP contribution in [0.25, 0.3) is 0 Å². The molecule has 0 aromatic heterocycles. The van der Waals surface area contributed by atoms with Gasteiger partial charge in [0, 0.05) is 18.1 Å². The summed E-state index contributed by atoms with van der Waals surface area (Å²) in [4.78, 5) is 0. The van der Waals surface area contributed by atoms with E-state index in [4.69, 9.17) is 11.6 Å². The molecule has 0 saturated heterocycles. The van der Waals surface area contributed by atoms with Crippen LogP contribution in [-0.2, 0) is 13.1 Å². The smallest absolute Gasteiger partial charge is 0.0450 e. The van der Waals surface area contributed by atoms with Crippen molar-refractivity contribution in [1.82, 2.24) is 5.32 Å². The van der Waals surface area contributed by atoms with Crippen LogP contribution in [0.2, 0.25) is 5.02 Å². The third-order valence-electron chi connectivity index (χ3n) is 3.63. The van der Waals surface area contributed by atoms with Crippen molar-refractivity contribution in [1.29, 1.82) is 0 Å². The lowest BCUT2D eigenvalue weighted by atomic mass is 10.1. The van der Waals surface area contributed by atoms with Crippen LogP contribution in [0, 0.1) is 0 Å². The zero-order chi connectivity index (χ0) is 13.1. The Labute approximate surface area is 119 Å². The van der Waals surface area contributed by atoms with E-state index in [-0.39, 0.29) is 0 Å². The number of hydrogen-bond acceptors (Lipinski definition) is 1.